The van der Waals surface area contributed by atoms with Gasteiger partial charge in [0.1, 0.15) is 5.82 Å². The molecule has 0 aliphatic rings. The van der Waals surface area contributed by atoms with Gasteiger partial charge in [-0.15, -0.1) is 0 Å². The minimum Gasteiger partial charge on any atom is -0.392 e. The fraction of sp³-hybridized carbons (Fsp3) is 0.455. The first-order chi connectivity index (χ1) is 6.06. The highest BCUT2D eigenvalue weighted by atomic mass is 19.1. The van der Waals surface area contributed by atoms with E-state index in [4.69, 9.17) is 5.11 Å². The Kier molecular flexibility index (Phi) is 3.04. The van der Waals surface area contributed by atoms with Gasteiger partial charge in [0.25, 0.3) is 0 Å². The van der Waals surface area contributed by atoms with E-state index in [-0.39, 0.29) is 12.4 Å². The Hall–Kier alpha value is -0.890. The summed E-state index contributed by atoms with van der Waals surface area (Å²) < 4.78 is 13.1. The molecule has 1 nitrogen and oxygen atoms in total. The molecule has 72 valence electrons. The molecule has 0 spiro atoms. The van der Waals surface area contributed by atoms with Crippen molar-refractivity contribution in [3.63, 3.8) is 0 Å². The van der Waals surface area contributed by atoms with E-state index < -0.39 is 0 Å². The highest BCUT2D eigenvalue weighted by Crippen LogP contribution is 2.22. The average molecular weight is 182 g/mol. The maximum atomic E-state index is 13.1. The summed E-state index contributed by atoms with van der Waals surface area (Å²) in [5.41, 5.74) is 2.36. The third-order valence-electron chi connectivity index (χ3n) is 2.21. The van der Waals surface area contributed by atoms with Gasteiger partial charge < -0.3 is 5.11 Å². The standard InChI is InChI=1S/C11H15FO/c1-7(2)10-4-8(3)11(12)5-9(10)6-13/h4-5,7,13H,6H2,1-3H3. The molecule has 1 aromatic rings. The molecule has 0 fully saturated rings. The fourth-order valence-corrected chi connectivity index (χ4v) is 1.42. The van der Waals surface area contributed by atoms with Crippen molar-refractivity contribution in [2.75, 3.05) is 0 Å². The second-order valence-corrected chi connectivity index (χ2v) is 3.61. The molecule has 0 saturated heterocycles. The number of aliphatic hydroxyl groups excluding tert-OH is 1. The van der Waals surface area contributed by atoms with Crippen LogP contribution in [0.4, 0.5) is 4.39 Å². The average Bonchev–Trinajstić information content (AvgIpc) is 2.08. The van der Waals surface area contributed by atoms with E-state index in [1.165, 1.54) is 6.07 Å². The van der Waals surface area contributed by atoms with Crippen LogP contribution in [0.2, 0.25) is 0 Å². The topological polar surface area (TPSA) is 20.2 Å². The maximum absolute atomic E-state index is 13.1. The molecule has 0 amide bonds. The van der Waals surface area contributed by atoms with Crippen LogP contribution in [0.5, 0.6) is 0 Å². The largest absolute Gasteiger partial charge is 0.392 e. The lowest BCUT2D eigenvalue weighted by Crippen LogP contribution is -1.99. The van der Waals surface area contributed by atoms with Crippen LogP contribution in [0.1, 0.15) is 36.5 Å². The zero-order valence-electron chi connectivity index (χ0n) is 8.26. The van der Waals surface area contributed by atoms with Crippen LogP contribution < -0.4 is 0 Å². The van der Waals surface area contributed by atoms with Gasteiger partial charge in [-0.3, -0.25) is 0 Å². The molecule has 1 N–H and O–H groups in total. The zero-order valence-corrected chi connectivity index (χ0v) is 8.26. The van der Waals surface area contributed by atoms with Crippen molar-refractivity contribution < 1.29 is 9.50 Å². The van der Waals surface area contributed by atoms with Crippen molar-refractivity contribution in [1.82, 2.24) is 0 Å². The van der Waals surface area contributed by atoms with Crippen LogP contribution in [-0.4, -0.2) is 5.11 Å². The molecule has 0 atom stereocenters. The summed E-state index contributed by atoms with van der Waals surface area (Å²) >= 11 is 0. The maximum Gasteiger partial charge on any atom is 0.126 e. The molecule has 0 unspecified atom stereocenters. The first-order valence-corrected chi connectivity index (χ1v) is 4.46. The summed E-state index contributed by atoms with van der Waals surface area (Å²) in [4.78, 5) is 0. The fourth-order valence-electron chi connectivity index (χ4n) is 1.42. The van der Waals surface area contributed by atoms with Crippen LogP contribution in [-0.2, 0) is 6.61 Å². The van der Waals surface area contributed by atoms with Gasteiger partial charge in [-0.25, -0.2) is 4.39 Å². The molecule has 0 aromatic heterocycles. The molecule has 0 bridgehead atoms. The number of benzene rings is 1. The minimum atomic E-state index is -0.242. The molecule has 0 radical (unpaired) electrons. The van der Waals surface area contributed by atoms with Gasteiger partial charge in [-0.05, 0) is 35.6 Å². The van der Waals surface area contributed by atoms with Crippen molar-refractivity contribution >= 4 is 0 Å². The molecular weight excluding hydrogens is 167 g/mol. The summed E-state index contributed by atoms with van der Waals surface area (Å²) in [6, 6.07) is 3.23. The molecule has 1 aromatic carbocycles. The first kappa shape index (κ1) is 10.2. The molecule has 0 aliphatic heterocycles. The third kappa shape index (κ3) is 2.07. The molecular formula is C11H15FO. The van der Waals surface area contributed by atoms with Crippen molar-refractivity contribution in [2.45, 2.75) is 33.3 Å². The Bertz CT molecular complexity index is 305. The van der Waals surface area contributed by atoms with Crippen molar-refractivity contribution in [3.05, 3.63) is 34.6 Å². The number of halogens is 1. The lowest BCUT2D eigenvalue weighted by Gasteiger charge is -2.12. The van der Waals surface area contributed by atoms with Gasteiger partial charge in [0.05, 0.1) is 6.61 Å². The summed E-state index contributed by atoms with van der Waals surface area (Å²) in [7, 11) is 0. The number of aliphatic hydroxyl groups is 1. The number of hydrogen-bond acceptors (Lipinski definition) is 1. The number of rotatable bonds is 2. The van der Waals surface area contributed by atoms with E-state index in [0.29, 0.717) is 17.0 Å². The van der Waals surface area contributed by atoms with E-state index in [1.54, 1.807) is 6.92 Å². The zero-order chi connectivity index (χ0) is 10.0. The van der Waals surface area contributed by atoms with Gasteiger partial charge in [-0.1, -0.05) is 19.9 Å². The predicted molar refractivity (Wildman–Crippen MR) is 51.1 cm³/mol. The summed E-state index contributed by atoms with van der Waals surface area (Å²) in [6.07, 6.45) is 0. The SMILES string of the molecule is Cc1cc(C(C)C)c(CO)cc1F. The van der Waals surface area contributed by atoms with Crippen molar-refractivity contribution in [2.24, 2.45) is 0 Å². The molecule has 13 heavy (non-hydrogen) atoms. The Morgan fingerprint density at radius 2 is 2.00 bits per heavy atom. The first-order valence-electron chi connectivity index (χ1n) is 4.46. The van der Waals surface area contributed by atoms with Gasteiger partial charge in [-0.2, -0.15) is 0 Å². The summed E-state index contributed by atoms with van der Waals surface area (Å²) in [6.45, 7) is 5.71. The van der Waals surface area contributed by atoms with Gasteiger partial charge in [0.15, 0.2) is 0 Å². The molecule has 0 saturated carbocycles. The van der Waals surface area contributed by atoms with E-state index in [2.05, 4.69) is 0 Å². The van der Waals surface area contributed by atoms with Crippen LogP contribution >= 0.6 is 0 Å². The molecule has 2 heteroatoms. The highest BCUT2D eigenvalue weighted by molar-refractivity contribution is 5.34. The Morgan fingerprint density at radius 3 is 2.46 bits per heavy atom. The van der Waals surface area contributed by atoms with Crippen LogP contribution in [0.25, 0.3) is 0 Å². The lowest BCUT2D eigenvalue weighted by atomic mass is 9.95. The Labute approximate surface area is 78.2 Å². The number of aryl methyl sites for hydroxylation is 1. The highest BCUT2D eigenvalue weighted by Gasteiger charge is 2.09. The van der Waals surface area contributed by atoms with E-state index in [1.807, 2.05) is 19.9 Å². The predicted octanol–water partition coefficient (Wildman–Crippen LogP) is 2.75. The Morgan fingerprint density at radius 1 is 1.38 bits per heavy atom. The Balaban J connectivity index is 3.25. The van der Waals surface area contributed by atoms with Gasteiger partial charge in [0.2, 0.25) is 0 Å². The van der Waals surface area contributed by atoms with Crippen LogP contribution in [0, 0.1) is 12.7 Å². The molecule has 0 aliphatic carbocycles. The van der Waals surface area contributed by atoms with Crippen molar-refractivity contribution in [3.8, 4) is 0 Å². The quantitative estimate of drug-likeness (QED) is 0.745. The van der Waals surface area contributed by atoms with E-state index >= 15 is 0 Å². The second kappa shape index (κ2) is 3.88. The smallest absolute Gasteiger partial charge is 0.126 e. The summed E-state index contributed by atoms with van der Waals surface area (Å²) in [5.74, 6) is 0.0786. The number of hydrogen-bond donors (Lipinski definition) is 1. The van der Waals surface area contributed by atoms with E-state index in [9.17, 15) is 4.39 Å². The van der Waals surface area contributed by atoms with Gasteiger partial charge in [0, 0.05) is 0 Å². The molecule has 1 rings (SSSR count). The monoisotopic (exact) mass is 182 g/mol. The van der Waals surface area contributed by atoms with E-state index in [0.717, 1.165) is 5.56 Å². The van der Waals surface area contributed by atoms with Crippen LogP contribution in [0.3, 0.4) is 0 Å². The second-order valence-electron chi connectivity index (χ2n) is 3.61. The minimum absolute atomic E-state index is 0.0925. The third-order valence-corrected chi connectivity index (χ3v) is 2.21. The van der Waals surface area contributed by atoms with Crippen LogP contribution in [0.15, 0.2) is 12.1 Å². The van der Waals surface area contributed by atoms with Crippen molar-refractivity contribution in [1.29, 1.82) is 0 Å². The molecule has 0 heterocycles. The van der Waals surface area contributed by atoms with Gasteiger partial charge >= 0.3 is 0 Å². The summed E-state index contributed by atoms with van der Waals surface area (Å²) in [5, 5.41) is 9.02. The normalized spacial score (nSPS) is 10.9. The lowest BCUT2D eigenvalue weighted by molar-refractivity contribution is 0.279.